The highest BCUT2D eigenvalue weighted by Crippen LogP contribution is 2.27. The van der Waals surface area contributed by atoms with Crippen LogP contribution in [0.3, 0.4) is 0 Å². The van der Waals surface area contributed by atoms with Gasteiger partial charge < -0.3 is 13.9 Å². The number of ether oxygens (including phenoxy) is 2. The number of para-hydroxylation sites is 1. The molecule has 0 bridgehead atoms. The van der Waals surface area contributed by atoms with Crippen LogP contribution < -0.4 is 14.9 Å². The molecule has 8 heteroatoms. The van der Waals surface area contributed by atoms with Crippen molar-refractivity contribution in [2.24, 2.45) is 0 Å². The van der Waals surface area contributed by atoms with Crippen molar-refractivity contribution < 1.29 is 23.6 Å². The number of fused-ring (bicyclic) bond motifs is 1. The van der Waals surface area contributed by atoms with Gasteiger partial charge in [0.25, 0.3) is 5.69 Å². The second kappa shape index (κ2) is 8.96. The molecule has 0 spiro atoms. The Kier molecular flexibility index (Phi) is 5.91. The lowest BCUT2D eigenvalue weighted by Gasteiger charge is -2.10. The third kappa shape index (κ3) is 4.31. The van der Waals surface area contributed by atoms with E-state index in [1.165, 1.54) is 49.6 Å². The van der Waals surface area contributed by atoms with Gasteiger partial charge in [0.05, 0.1) is 15.9 Å². The van der Waals surface area contributed by atoms with Gasteiger partial charge in [0.2, 0.25) is 11.2 Å². The highest BCUT2D eigenvalue weighted by atomic mass is 16.6. The number of rotatable bonds is 6. The summed E-state index contributed by atoms with van der Waals surface area (Å²) >= 11 is 0. The third-order valence-electron chi connectivity index (χ3n) is 5.22. The van der Waals surface area contributed by atoms with Crippen molar-refractivity contribution >= 4 is 22.6 Å². The van der Waals surface area contributed by atoms with Crippen molar-refractivity contribution in [3.63, 3.8) is 0 Å². The van der Waals surface area contributed by atoms with E-state index in [1.807, 2.05) is 25.1 Å². The lowest BCUT2D eigenvalue weighted by atomic mass is 10.1. The van der Waals surface area contributed by atoms with Crippen molar-refractivity contribution in [2.45, 2.75) is 20.3 Å². The lowest BCUT2D eigenvalue weighted by Crippen LogP contribution is -2.11. The molecule has 0 fully saturated rings. The fourth-order valence-corrected chi connectivity index (χ4v) is 3.44. The van der Waals surface area contributed by atoms with Gasteiger partial charge in [-0.3, -0.25) is 14.9 Å². The molecular formula is C25H19NO7. The molecule has 3 aromatic carbocycles. The van der Waals surface area contributed by atoms with Gasteiger partial charge in [0.15, 0.2) is 0 Å². The normalized spacial score (nSPS) is 10.7. The SMILES string of the molecule is CCc1ccccc1Oc1coc2cc(OC(=O)c3cccc([N+](=O)[O-])c3C)ccc2c1=O. The zero-order valence-corrected chi connectivity index (χ0v) is 17.9. The second-order valence-electron chi connectivity index (χ2n) is 7.25. The van der Waals surface area contributed by atoms with E-state index in [-0.39, 0.29) is 44.7 Å². The largest absolute Gasteiger partial charge is 0.460 e. The predicted molar refractivity (Wildman–Crippen MR) is 121 cm³/mol. The monoisotopic (exact) mass is 445 g/mol. The van der Waals surface area contributed by atoms with Gasteiger partial charge >= 0.3 is 5.97 Å². The van der Waals surface area contributed by atoms with E-state index in [0.29, 0.717) is 5.75 Å². The quantitative estimate of drug-likeness (QED) is 0.165. The summed E-state index contributed by atoms with van der Waals surface area (Å²) in [5, 5.41) is 11.4. The first-order valence-corrected chi connectivity index (χ1v) is 10.2. The minimum atomic E-state index is -0.756. The van der Waals surface area contributed by atoms with E-state index in [0.717, 1.165) is 12.0 Å². The Labute approximate surface area is 188 Å². The molecule has 0 unspecified atom stereocenters. The molecule has 0 aliphatic rings. The van der Waals surface area contributed by atoms with Crippen LogP contribution in [0.1, 0.15) is 28.4 Å². The minimum absolute atomic E-state index is 0.0420. The van der Waals surface area contributed by atoms with Crippen LogP contribution >= 0.6 is 0 Å². The Morgan fingerprint density at radius 1 is 1.06 bits per heavy atom. The molecule has 166 valence electrons. The maximum atomic E-state index is 12.9. The van der Waals surface area contributed by atoms with Gasteiger partial charge in [0, 0.05) is 17.7 Å². The zero-order chi connectivity index (χ0) is 23.5. The molecule has 0 amide bonds. The number of nitrogens with zero attached hydrogens (tertiary/aromatic N) is 1. The Morgan fingerprint density at radius 3 is 2.61 bits per heavy atom. The van der Waals surface area contributed by atoms with Crippen molar-refractivity contribution in [1.29, 1.82) is 0 Å². The number of nitro groups is 1. The van der Waals surface area contributed by atoms with Gasteiger partial charge in [-0.2, -0.15) is 0 Å². The number of hydrogen-bond acceptors (Lipinski definition) is 7. The van der Waals surface area contributed by atoms with E-state index in [4.69, 9.17) is 13.9 Å². The first-order chi connectivity index (χ1) is 15.9. The maximum Gasteiger partial charge on any atom is 0.344 e. The molecule has 4 aromatic rings. The van der Waals surface area contributed by atoms with Crippen molar-refractivity contribution in [3.05, 3.63) is 104 Å². The highest BCUT2D eigenvalue weighted by molar-refractivity contribution is 5.94. The van der Waals surface area contributed by atoms with Crippen LogP contribution in [0.2, 0.25) is 0 Å². The summed E-state index contributed by atoms with van der Waals surface area (Å²) in [4.78, 5) is 36.0. The van der Waals surface area contributed by atoms with Gasteiger partial charge in [0.1, 0.15) is 23.3 Å². The summed E-state index contributed by atoms with van der Waals surface area (Å²) in [7, 11) is 0. The molecule has 0 saturated heterocycles. The molecule has 33 heavy (non-hydrogen) atoms. The number of benzene rings is 3. The van der Waals surface area contributed by atoms with Crippen molar-refractivity contribution in [3.8, 4) is 17.2 Å². The molecule has 0 atom stereocenters. The van der Waals surface area contributed by atoms with Crippen molar-refractivity contribution in [2.75, 3.05) is 0 Å². The predicted octanol–water partition coefficient (Wildman–Crippen LogP) is 5.58. The summed E-state index contributed by atoms with van der Waals surface area (Å²) in [6, 6.07) is 15.9. The molecule has 0 radical (unpaired) electrons. The van der Waals surface area contributed by atoms with E-state index < -0.39 is 10.9 Å². The van der Waals surface area contributed by atoms with E-state index in [9.17, 15) is 19.7 Å². The first-order valence-electron chi connectivity index (χ1n) is 10.2. The summed E-state index contributed by atoms with van der Waals surface area (Å²) in [5.74, 6) is -0.00883. The molecule has 1 heterocycles. The Morgan fingerprint density at radius 2 is 1.85 bits per heavy atom. The number of aryl methyl sites for hydroxylation is 1. The summed E-state index contributed by atoms with van der Waals surface area (Å²) in [6.45, 7) is 3.47. The zero-order valence-electron chi connectivity index (χ0n) is 17.9. The molecule has 0 aliphatic heterocycles. The number of carbonyl (C=O) groups excluding carboxylic acids is 1. The van der Waals surface area contributed by atoms with E-state index in [2.05, 4.69) is 0 Å². The summed E-state index contributed by atoms with van der Waals surface area (Å²) in [5.41, 5.74) is 0.895. The van der Waals surface area contributed by atoms with E-state index in [1.54, 1.807) is 6.07 Å². The fraction of sp³-hybridized carbons (Fsp3) is 0.120. The lowest BCUT2D eigenvalue weighted by molar-refractivity contribution is -0.385. The van der Waals surface area contributed by atoms with Crippen LogP contribution in [-0.2, 0) is 6.42 Å². The minimum Gasteiger partial charge on any atom is -0.460 e. The molecule has 4 rings (SSSR count). The molecular weight excluding hydrogens is 426 g/mol. The summed E-state index contributed by atoms with van der Waals surface area (Å²) < 4.78 is 16.7. The van der Waals surface area contributed by atoms with Crippen LogP contribution in [0, 0.1) is 17.0 Å². The van der Waals surface area contributed by atoms with Crippen LogP contribution in [0.4, 0.5) is 5.69 Å². The average molecular weight is 445 g/mol. The Hall–Kier alpha value is -4.46. The highest BCUT2D eigenvalue weighted by Gasteiger charge is 2.20. The number of hydrogen-bond donors (Lipinski definition) is 0. The fourth-order valence-electron chi connectivity index (χ4n) is 3.44. The Bertz CT molecular complexity index is 1440. The molecule has 8 nitrogen and oxygen atoms in total. The number of carbonyl (C=O) groups is 1. The summed E-state index contributed by atoms with van der Waals surface area (Å²) in [6.07, 6.45) is 1.96. The van der Waals surface area contributed by atoms with Crippen LogP contribution in [0.15, 0.2) is 76.1 Å². The average Bonchev–Trinajstić information content (AvgIpc) is 2.81. The topological polar surface area (TPSA) is 109 Å². The number of nitro benzene ring substituents is 1. The number of esters is 1. The third-order valence-corrected chi connectivity index (χ3v) is 5.22. The van der Waals surface area contributed by atoms with Gasteiger partial charge in [-0.05, 0) is 43.2 Å². The molecule has 1 aromatic heterocycles. The molecule has 0 aliphatic carbocycles. The van der Waals surface area contributed by atoms with Crippen LogP contribution in [0.25, 0.3) is 11.0 Å². The van der Waals surface area contributed by atoms with Crippen molar-refractivity contribution in [1.82, 2.24) is 0 Å². The van der Waals surface area contributed by atoms with Gasteiger partial charge in [-0.25, -0.2) is 4.79 Å². The van der Waals surface area contributed by atoms with Gasteiger partial charge in [-0.1, -0.05) is 31.2 Å². The van der Waals surface area contributed by atoms with E-state index >= 15 is 0 Å². The van der Waals surface area contributed by atoms with Crippen LogP contribution in [-0.4, -0.2) is 10.9 Å². The first kappa shape index (κ1) is 21.8. The molecule has 0 saturated carbocycles. The molecule has 0 N–H and O–H groups in total. The smallest absolute Gasteiger partial charge is 0.344 e. The standard InChI is InChI=1S/C25H19NO7/c1-3-16-7-4-5-10-21(16)33-23-14-31-22-13-17(11-12-19(22)24(23)27)32-25(28)18-8-6-9-20(15(18)2)26(29)30/h4-14H,3H2,1-2H3. The van der Waals surface area contributed by atoms with Crippen LogP contribution in [0.5, 0.6) is 17.2 Å². The second-order valence-corrected chi connectivity index (χ2v) is 7.25. The Balaban J connectivity index is 1.61. The maximum absolute atomic E-state index is 12.9. The van der Waals surface area contributed by atoms with Gasteiger partial charge in [-0.15, -0.1) is 0 Å².